The highest BCUT2D eigenvalue weighted by molar-refractivity contribution is 5.69. The fourth-order valence-electron chi connectivity index (χ4n) is 5.59. The van der Waals surface area contributed by atoms with Crippen molar-refractivity contribution >= 4 is 12.0 Å². The van der Waals surface area contributed by atoms with Crippen LogP contribution in [0.5, 0.6) is 0 Å². The van der Waals surface area contributed by atoms with Gasteiger partial charge in [0.15, 0.2) is 0 Å². The highest BCUT2D eigenvalue weighted by Crippen LogP contribution is 2.50. The molecule has 1 saturated carbocycles. The van der Waals surface area contributed by atoms with Crippen molar-refractivity contribution in [2.75, 3.05) is 31.1 Å². The Labute approximate surface area is 202 Å². The monoisotopic (exact) mass is 489 g/mol. The maximum Gasteiger partial charge on any atom is 0.419 e. The zero-order chi connectivity index (χ0) is 24.8. The highest BCUT2D eigenvalue weighted by Gasteiger charge is 2.54. The van der Waals surface area contributed by atoms with Crippen LogP contribution in [-0.2, 0) is 17.5 Å². The summed E-state index contributed by atoms with van der Waals surface area (Å²) in [7, 11) is 0. The molecule has 3 aliphatic rings. The Hall–Kier alpha value is -2.88. The lowest BCUT2D eigenvalue weighted by Gasteiger charge is -2.58. The molecule has 0 bridgehead atoms. The first-order chi connectivity index (χ1) is 16.6. The van der Waals surface area contributed by atoms with Gasteiger partial charge in [0.1, 0.15) is 6.10 Å². The van der Waals surface area contributed by atoms with Crippen molar-refractivity contribution in [2.45, 2.75) is 57.6 Å². The van der Waals surface area contributed by atoms with Crippen molar-refractivity contribution in [2.24, 2.45) is 5.41 Å². The van der Waals surface area contributed by atoms with Crippen LogP contribution >= 0.6 is 0 Å². The van der Waals surface area contributed by atoms with Gasteiger partial charge in [0.25, 0.3) is 0 Å². The van der Waals surface area contributed by atoms with Crippen molar-refractivity contribution in [3.8, 4) is 0 Å². The third-order valence-electron chi connectivity index (χ3n) is 7.40. The van der Waals surface area contributed by atoms with E-state index in [0.717, 1.165) is 44.9 Å². The number of anilines is 1. The quantitative estimate of drug-likeness (QED) is 0.642. The second-order valence-electron chi connectivity index (χ2n) is 10.3. The summed E-state index contributed by atoms with van der Waals surface area (Å²) in [5.74, 6) is 0.233. The number of likely N-dealkylation sites (tertiary alicyclic amines) is 1. The molecule has 2 atom stereocenters. The number of aromatic nitrogens is 2. The summed E-state index contributed by atoms with van der Waals surface area (Å²) in [6.45, 7) is 7.65. The fourth-order valence-corrected chi connectivity index (χ4v) is 5.59. The lowest BCUT2D eigenvalue weighted by molar-refractivity contribution is -0.138. The van der Waals surface area contributed by atoms with E-state index in [-0.39, 0.29) is 35.6 Å². The largest absolute Gasteiger partial charge is 0.446 e. The van der Waals surface area contributed by atoms with Gasteiger partial charge >= 0.3 is 12.3 Å². The number of alkyl halides is 3. The van der Waals surface area contributed by atoms with Crippen LogP contribution in [0.15, 0.2) is 42.7 Å². The van der Waals surface area contributed by atoms with Gasteiger partial charge < -0.3 is 14.5 Å². The van der Waals surface area contributed by atoms with Crippen LogP contribution in [0.1, 0.15) is 37.8 Å². The van der Waals surface area contributed by atoms with Crippen molar-refractivity contribution in [3.63, 3.8) is 0 Å². The van der Waals surface area contributed by atoms with Gasteiger partial charge in [-0.1, -0.05) is 30.3 Å². The highest BCUT2D eigenvalue weighted by atomic mass is 19.4. The number of benzene rings is 1. The fraction of sp³-hybridized carbons (Fsp3) is 0.560. The Morgan fingerprint density at radius 1 is 1.06 bits per heavy atom. The summed E-state index contributed by atoms with van der Waals surface area (Å²) >= 11 is 0. The Morgan fingerprint density at radius 2 is 1.71 bits per heavy atom. The lowest BCUT2D eigenvalue weighted by atomic mass is 9.61. The predicted octanol–water partition coefficient (Wildman–Crippen LogP) is 4.20. The van der Waals surface area contributed by atoms with Gasteiger partial charge in [0, 0.05) is 62.6 Å². The van der Waals surface area contributed by atoms with Gasteiger partial charge in [-0.2, -0.15) is 13.2 Å². The number of carbonyl (C=O) groups excluding carboxylic acids is 1. The van der Waals surface area contributed by atoms with Crippen LogP contribution < -0.4 is 4.90 Å². The average Bonchev–Trinajstić information content (AvgIpc) is 2.77. The third-order valence-corrected chi connectivity index (χ3v) is 7.40. The molecule has 2 saturated heterocycles. The molecule has 7 nitrogen and oxygen atoms in total. The number of amides is 1. The topological polar surface area (TPSA) is 61.8 Å². The standard InChI is InChI=1S/C25H30F3N5O2/c1-17-13-33(18(2)12-32(17)22-29-10-20(11-30-22)25(26,27)28)23(34)35-21-8-24(9-21)15-31(16-24)14-19-6-4-3-5-7-19/h3-7,10-11,17-18,21H,8-9,12-16H2,1-2H3/t17?,18-/m1/s1. The summed E-state index contributed by atoms with van der Waals surface area (Å²) < 4.78 is 44.2. The molecule has 35 heavy (non-hydrogen) atoms. The number of halogens is 3. The second-order valence-corrected chi connectivity index (χ2v) is 10.3. The molecule has 1 aromatic heterocycles. The summed E-state index contributed by atoms with van der Waals surface area (Å²) in [5.41, 5.74) is 0.711. The third kappa shape index (κ3) is 4.94. The minimum absolute atomic E-state index is 0.0554. The first-order valence-corrected chi connectivity index (χ1v) is 12.0. The van der Waals surface area contributed by atoms with Gasteiger partial charge in [-0.05, 0) is 32.3 Å². The first kappa shape index (κ1) is 23.8. The maximum atomic E-state index is 12.9. The van der Waals surface area contributed by atoms with E-state index in [0.29, 0.717) is 13.1 Å². The van der Waals surface area contributed by atoms with Crippen LogP contribution in [0.4, 0.5) is 23.9 Å². The number of nitrogens with zero attached hydrogens (tertiary/aromatic N) is 5. The Balaban J connectivity index is 1.09. The van der Waals surface area contributed by atoms with E-state index < -0.39 is 11.7 Å². The molecular formula is C25H30F3N5O2. The SMILES string of the molecule is CC1CN(C(=O)OC2CC3(C2)CN(Cc2ccccc2)C3)[C@H](C)CN1c1ncc(C(F)(F)F)cn1. The Bertz CT molecular complexity index is 1040. The molecule has 0 N–H and O–H groups in total. The minimum Gasteiger partial charge on any atom is -0.446 e. The van der Waals surface area contributed by atoms with E-state index in [2.05, 4.69) is 39.1 Å². The van der Waals surface area contributed by atoms with Crippen molar-refractivity contribution in [1.82, 2.24) is 19.8 Å². The summed E-state index contributed by atoms with van der Waals surface area (Å²) in [4.78, 5) is 26.7. The number of rotatable bonds is 4. The average molecular weight is 490 g/mol. The van der Waals surface area contributed by atoms with E-state index in [1.54, 1.807) is 4.90 Å². The molecule has 3 fully saturated rings. The predicted molar refractivity (Wildman–Crippen MR) is 124 cm³/mol. The molecule has 10 heteroatoms. The molecule has 0 radical (unpaired) electrons. The molecule has 2 aliphatic heterocycles. The van der Waals surface area contributed by atoms with Crippen molar-refractivity contribution in [3.05, 3.63) is 53.9 Å². The van der Waals surface area contributed by atoms with Gasteiger partial charge in [0.05, 0.1) is 5.56 Å². The first-order valence-electron chi connectivity index (χ1n) is 12.0. The van der Waals surface area contributed by atoms with Gasteiger partial charge in [0.2, 0.25) is 5.95 Å². The van der Waals surface area contributed by atoms with Gasteiger partial charge in [-0.15, -0.1) is 0 Å². The molecule has 1 unspecified atom stereocenters. The summed E-state index contributed by atoms with van der Waals surface area (Å²) in [5, 5.41) is 0. The molecule has 2 aromatic rings. The zero-order valence-electron chi connectivity index (χ0n) is 19.9. The van der Waals surface area contributed by atoms with E-state index in [1.165, 1.54) is 5.56 Å². The van der Waals surface area contributed by atoms with E-state index in [4.69, 9.17) is 4.74 Å². The second kappa shape index (κ2) is 8.96. The van der Waals surface area contributed by atoms with Crippen LogP contribution in [0.2, 0.25) is 0 Å². The molecule has 5 rings (SSSR count). The smallest absolute Gasteiger partial charge is 0.419 e. The maximum absolute atomic E-state index is 12.9. The molecule has 3 heterocycles. The van der Waals surface area contributed by atoms with Crippen molar-refractivity contribution in [1.29, 1.82) is 0 Å². The normalized spacial score (nSPS) is 24.7. The number of hydrogen-bond donors (Lipinski definition) is 0. The van der Waals surface area contributed by atoms with Crippen molar-refractivity contribution < 1.29 is 22.7 Å². The zero-order valence-corrected chi connectivity index (χ0v) is 19.9. The summed E-state index contributed by atoms with van der Waals surface area (Å²) in [6.07, 6.45) is -1.46. The van der Waals surface area contributed by atoms with Crippen LogP contribution in [0, 0.1) is 5.41 Å². The van der Waals surface area contributed by atoms with Crippen LogP contribution in [-0.4, -0.2) is 70.2 Å². The minimum atomic E-state index is -4.47. The summed E-state index contributed by atoms with van der Waals surface area (Å²) in [6, 6.07) is 10.1. The Kier molecular flexibility index (Phi) is 6.11. The Morgan fingerprint density at radius 3 is 2.34 bits per heavy atom. The number of carbonyl (C=O) groups is 1. The molecular weight excluding hydrogens is 459 g/mol. The number of hydrogen-bond acceptors (Lipinski definition) is 6. The molecule has 1 aliphatic carbocycles. The van der Waals surface area contributed by atoms with E-state index in [1.807, 2.05) is 24.8 Å². The van der Waals surface area contributed by atoms with E-state index >= 15 is 0 Å². The molecule has 1 aromatic carbocycles. The van der Waals surface area contributed by atoms with Crippen LogP contribution in [0.3, 0.4) is 0 Å². The number of piperazine rings is 1. The van der Waals surface area contributed by atoms with Gasteiger partial charge in [-0.25, -0.2) is 14.8 Å². The van der Waals surface area contributed by atoms with Gasteiger partial charge in [-0.3, -0.25) is 4.90 Å². The van der Waals surface area contributed by atoms with Crippen LogP contribution in [0.25, 0.3) is 0 Å². The number of ether oxygens (including phenoxy) is 1. The molecule has 1 amide bonds. The molecule has 1 spiro atoms. The lowest BCUT2D eigenvalue weighted by Crippen LogP contribution is -2.64. The molecule has 188 valence electrons. The van der Waals surface area contributed by atoms with E-state index in [9.17, 15) is 18.0 Å².